The molecule has 2 N–H and O–H groups in total. The number of rotatable bonds is 5. The normalized spacial score (nSPS) is 14.5. The van der Waals surface area contributed by atoms with Crippen LogP contribution in [0.3, 0.4) is 0 Å². The number of anilines is 1. The van der Waals surface area contributed by atoms with Crippen LogP contribution in [0.25, 0.3) is 0 Å². The Morgan fingerprint density at radius 2 is 1.93 bits per heavy atom. The van der Waals surface area contributed by atoms with E-state index in [2.05, 4.69) is 0 Å². The smallest absolute Gasteiger partial charge is 0.267 e. The summed E-state index contributed by atoms with van der Waals surface area (Å²) in [5, 5.41) is 10.1. The number of amides is 2. The zero-order valence-electron chi connectivity index (χ0n) is 15.1. The van der Waals surface area contributed by atoms with E-state index >= 15 is 0 Å². The van der Waals surface area contributed by atoms with Crippen molar-refractivity contribution >= 4 is 27.5 Å². The summed E-state index contributed by atoms with van der Waals surface area (Å²) in [5.41, 5.74) is 1.29. The summed E-state index contributed by atoms with van der Waals surface area (Å²) in [6, 6.07) is 10.4. The van der Waals surface area contributed by atoms with E-state index in [1.807, 2.05) is 0 Å². The first kappa shape index (κ1) is 20.0. The van der Waals surface area contributed by atoms with E-state index in [9.17, 15) is 27.5 Å². The van der Waals surface area contributed by atoms with Crippen molar-refractivity contribution in [3.63, 3.8) is 0 Å². The van der Waals surface area contributed by atoms with Crippen LogP contribution in [0.4, 0.5) is 10.1 Å². The lowest BCUT2D eigenvalue weighted by molar-refractivity contribution is -0.121. The molecule has 2 aromatic carbocycles. The molecule has 1 heterocycles. The summed E-state index contributed by atoms with van der Waals surface area (Å²) >= 11 is 0. The molecular formula is C19H19FN2O5S. The van der Waals surface area contributed by atoms with Gasteiger partial charge >= 0.3 is 0 Å². The molecule has 0 spiro atoms. The molecule has 1 aliphatic heterocycles. The van der Waals surface area contributed by atoms with Crippen LogP contribution in [-0.4, -0.2) is 31.9 Å². The van der Waals surface area contributed by atoms with Crippen molar-refractivity contribution in [2.75, 3.05) is 11.4 Å². The maximum atomic E-state index is 14.4. The number of fused-ring (bicyclic) bond motifs is 1. The Kier molecular flexibility index (Phi) is 5.48. The number of carbonyl (C=O) groups excluding carboxylic acids is 2. The first-order chi connectivity index (χ1) is 13.2. The van der Waals surface area contributed by atoms with E-state index in [1.165, 1.54) is 11.8 Å². The minimum absolute atomic E-state index is 0.288. The van der Waals surface area contributed by atoms with E-state index in [4.69, 9.17) is 0 Å². The number of nitrogens with zero attached hydrogens (tertiary/aromatic N) is 1. The number of aliphatic hydroxyl groups is 1. The van der Waals surface area contributed by atoms with Crippen LogP contribution in [0.15, 0.2) is 47.4 Å². The first-order valence-electron chi connectivity index (χ1n) is 8.58. The van der Waals surface area contributed by atoms with Gasteiger partial charge in [0.05, 0.1) is 12.5 Å². The summed E-state index contributed by atoms with van der Waals surface area (Å²) in [6.07, 6.45) is -1.29. The van der Waals surface area contributed by atoms with Crippen LogP contribution < -0.4 is 9.62 Å². The van der Waals surface area contributed by atoms with E-state index < -0.39 is 39.2 Å². The van der Waals surface area contributed by atoms with Crippen LogP contribution in [0.2, 0.25) is 0 Å². The third kappa shape index (κ3) is 4.05. The topological polar surface area (TPSA) is 104 Å². The Hall–Kier alpha value is -2.78. The number of hydrogen-bond donors (Lipinski definition) is 2. The average molecular weight is 406 g/mol. The lowest BCUT2D eigenvalue weighted by atomic mass is 10.1. The van der Waals surface area contributed by atoms with Crippen molar-refractivity contribution < 1.29 is 27.5 Å². The molecule has 3 rings (SSSR count). The van der Waals surface area contributed by atoms with E-state index in [0.717, 1.165) is 12.1 Å². The number of hydrogen-bond acceptors (Lipinski definition) is 5. The molecule has 0 aliphatic carbocycles. The van der Waals surface area contributed by atoms with Gasteiger partial charge in [-0.15, -0.1) is 0 Å². The number of aliphatic hydroxyl groups excluding tert-OH is 1. The highest BCUT2D eigenvalue weighted by Crippen LogP contribution is 2.32. The largest absolute Gasteiger partial charge is 0.388 e. The fraction of sp³-hybridized carbons (Fsp3) is 0.263. The lowest BCUT2D eigenvalue weighted by Crippen LogP contribution is -2.32. The summed E-state index contributed by atoms with van der Waals surface area (Å²) < 4.78 is 41.1. The van der Waals surface area contributed by atoms with Gasteiger partial charge < -0.3 is 10.0 Å². The van der Waals surface area contributed by atoms with Gasteiger partial charge in [-0.25, -0.2) is 17.5 Å². The molecule has 2 aromatic rings. The Labute approximate surface area is 161 Å². The van der Waals surface area contributed by atoms with Crippen molar-refractivity contribution in [3.05, 3.63) is 59.4 Å². The number of sulfonamides is 1. The van der Waals surface area contributed by atoms with Crippen LogP contribution in [0.5, 0.6) is 0 Å². The third-order valence-electron chi connectivity index (χ3n) is 4.51. The minimum atomic E-state index is -4.51. The molecule has 28 heavy (non-hydrogen) atoms. The Morgan fingerprint density at radius 1 is 1.25 bits per heavy atom. The SMILES string of the molecule is CC(=O)N1CCc2cc(F)c(S(=O)(=O)NC(=O)CC(O)c3ccccc3)cc21. The molecular weight excluding hydrogens is 387 g/mol. The average Bonchev–Trinajstić information content (AvgIpc) is 3.04. The van der Waals surface area contributed by atoms with Gasteiger partial charge in [-0.1, -0.05) is 30.3 Å². The molecule has 7 nitrogen and oxygen atoms in total. The molecule has 0 bridgehead atoms. The van der Waals surface area contributed by atoms with Crippen molar-refractivity contribution in [1.29, 1.82) is 0 Å². The van der Waals surface area contributed by atoms with Gasteiger partial charge in [0.1, 0.15) is 10.7 Å². The highest BCUT2D eigenvalue weighted by molar-refractivity contribution is 7.90. The quantitative estimate of drug-likeness (QED) is 0.786. The molecule has 0 fully saturated rings. The Balaban J connectivity index is 1.80. The van der Waals surface area contributed by atoms with Crippen LogP contribution in [-0.2, 0) is 26.0 Å². The van der Waals surface area contributed by atoms with Crippen molar-refractivity contribution in [2.24, 2.45) is 0 Å². The van der Waals surface area contributed by atoms with E-state index in [-0.39, 0.29) is 5.91 Å². The van der Waals surface area contributed by atoms with E-state index in [0.29, 0.717) is 29.8 Å². The van der Waals surface area contributed by atoms with Crippen molar-refractivity contribution in [1.82, 2.24) is 4.72 Å². The second-order valence-electron chi connectivity index (χ2n) is 6.49. The number of benzene rings is 2. The molecule has 0 aromatic heterocycles. The minimum Gasteiger partial charge on any atom is -0.388 e. The van der Waals surface area contributed by atoms with E-state index in [1.54, 1.807) is 35.1 Å². The summed E-state index contributed by atoms with van der Waals surface area (Å²) in [7, 11) is -4.51. The fourth-order valence-corrected chi connectivity index (χ4v) is 4.21. The predicted molar refractivity (Wildman–Crippen MR) is 99.5 cm³/mol. The van der Waals surface area contributed by atoms with Crippen LogP contribution in [0, 0.1) is 5.82 Å². The summed E-state index contributed by atoms with van der Waals surface area (Å²) in [6.45, 7) is 1.67. The molecule has 0 saturated carbocycles. The van der Waals surface area contributed by atoms with Gasteiger partial charge in [0.15, 0.2) is 0 Å². The molecule has 0 saturated heterocycles. The molecule has 0 radical (unpaired) electrons. The van der Waals surface area contributed by atoms with Gasteiger partial charge in [0.2, 0.25) is 11.8 Å². The fourth-order valence-electron chi connectivity index (χ4n) is 3.14. The highest BCUT2D eigenvalue weighted by Gasteiger charge is 2.29. The number of halogens is 1. The molecule has 9 heteroatoms. The second kappa shape index (κ2) is 7.69. The third-order valence-corrected chi connectivity index (χ3v) is 5.90. The molecule has 1 aliphatic rings. The van der Waals surface area contributed by atoms with Gasteiger partial charge in [0, 0.05) is 19.2 Å². The first-order valence-corrected chi connectivity index (χ1v) is 10.1. The summed E-state index contributed by atoms with van der Waals surface area (Å²) in [5.74, 6) is -2.27. The number of nitrogens with one attached hydrogen (secondary N) is 1. The zero-order valence-corrected chi connectivity index (χ0v) is 15.9. The monoisotopic (exact) mass is 406 g/mol. The number of carbonyl (C=O) groups is 2. The summed E-state index contributed by atoms with van der Waals surface area (Å²) in [4.78, 5) is 24.4. The van der Waals surface area contributed by atoms with Gasteiger partial charge in [-0.2, -0.15) is 0 Å². The second-order valence-corrected chi connectivity index (χ2v) is 8.14. The van der Waals surface area contributed by atoms with Gasteiger partial charge in [-0.3, -0.25) is 9.59 Å². The van der Waals surface area contributed by atoms with Crippen LogP contribution in [0.1, 0.15) is 30.6 Å². The molecule has 148 valence electrons. The van der Waals surface area contributed by atoms with Gasteiger partial charge in [-0.05, 0) is 29.7 Å². The van der Waals surface area contributed by atoms with Gasteiger partial charge in [0.25, 0.3) is 10.0 Å². The van der Waals surface area contributed by atoms with Crippen molar-refractivity contribution in [2.45, 2.75) is 30.8 Å². The Morgan fingerprint density at radius 3 is 2.57 bits per heavy atom. The maximum absolute atomic E-state index is 14.4. The maximum Gasteiger partial charge on any atom is 0.267 e. The molecule has 1 unspecified atom stereocenters. The Bertz CT molecular complexity index is 1020. The predicted octanol–water partition coefficient (Wildman–Crippen LogP) is 1.66. The van der Waals surface area contributed by atoms with Crippen LogP contribution >= 0.6 is 0 Å². The van der Waals surface area contributed by atoms with Crippen molar-refractivity contribution in [3.8, 4) is 0 Å². The lowest BCUT2D eigenvalue weighted by Gasteiger charge is -2.16. The zero-order chi connectivity index (χ0) is 20.5. The molecule has 2 amide bonds. The standard InChI is InChI=1S/C19H19FN2O5S/c1-12(23)22-8-7-14-9-15(20)18(10-16(14)22)28(26,27)21-19(25)11-17(24)13-5-3-2-4-6-13/h2-6,9-10,17,24H,7-8,11H2,1H3,(H,21,25). The molecule has 1 atom stereocenters. The highest BCUT2D eigenvalue weighted by atomic mass is 32.2.